The monoisotopic (exact) mass is 214 g/mol. The van der Waals surface area contributed by atoms with E-state index in [1.807, 2.05) is 4.57 Å². The first-order valence-electron chi connectivity index (χ1n) is 4.49. The second-order valence-corrected chi connectivity index (χ2v) is 3.42. The van der Waals surface area contributed by atoms with Gasteiger partial charge in [0.1, 0.15) is 0 Å². The summed E-state index contributed by atoms with van der Waals surface area (Å²) in [7, 11) is 1.65. The van der Waals surface area contributed by atoms with Crippen LogP contribution in [0.3, 0.4) is 0 Å². The molecule has 0 spiro atoms. The molecule has 0 saturated heterocycles. The maximum absolute atomic E-state index is 10.9. The van der Waals surface area contributed by atoms with Gasteiger partial charge in [-0.05, 0) is 18.6 Å². The molecule has 0 fully saturated rings. The summed E-state index contributed by atoms with van der Waals surface area (Å²) in [5.41, 5.74) is -0.168. The Morgan fingerprint density at radius 3 is 2.93 bits per heavy atom. The van der Waals surface area contributed by atoms with Crippen LogP contribution in [0.15, 0.2) is 17.1 Å². The predicted octanol–water partition coefficient (Wildman–Crippen LogP) is 1.50. The van der Waals surface area contributed by atoms with Crippen LogP contribution in [-0.2, 0) is 4.74 Å². The fourth-order valence-corrected chi connectivity index (χ4v) is 1.61. The number of ether oxygens (including phenoxy) is 1. The summed E-state index contributed by atoms with van der Waals surface area (Å²) >= 11 is 5.05. The Balaban J connectivity index is 3.04. The van der Waals surface area contributed by atoms with E-state index in [-0.39, 0.29) is 11.6 Å². The summed E-state index contributed by atoms with van der Waals surface area (Å²) in [5.74, 6) is 0. The summed E-state index contributed by atoms with van der Waals surface area (Å²) in [6.07, 6.45) is 2.61. The first-order valence-corrected chi connectivity index (χ1v) is 4.90. The van der Waals surface area contributed by atoms with Crippen LogP contribution in [0.4, 0.5) is 0 Å². The van der Waals surface area contributed by atoms with Crippen molar-refractivity contribution in [2.45, 2.75) is 19.4 Å². The van der Waals surface area contributed by atoms with Crippen molar-refractivity contribution in [3.05, 3.63) is 27.4 Å². The molecule has 0 saturated carbocycles. The average molecular weight is 214 g/mol. The molecule has 5 heteroatoms. The summed E-state index contributed by atoms with van der Waals surface area (Å²) in [4.78, 5) is 13.5. The van der Waals surface area contributed by atoms with E-state index in [1.165, 1.54) is 6.07 Å². The van der Waals surface area contributed by atoms with E-state index in [4.69, 9.17) is 17.0 Å². The van der Waals surface area contributed by atoms with Gasteiger partial charge in [-0.1, -0.05) is 6.92 Å². The van der Waals surface area contributed by atoms with Crippen LogP contribution in [0.5, 0.6) is 0 Å². The molecule has 1 N–H and O–H groups in total. The maximum atomic E-state index is 10.9. The van der Waals surface area contributed by atoms with Crippen molar-refractivity contribution in [3.8, 4) is 0 Å². The van der Waals surface area contributed by atoms with Crippen molar-refractivity contribution in [1.82, 2.24) is 9.55 Å². The minimum atomic E-state index is -0.168. The SMILES string of the molecule is CCC(COC)n1ccc(=O)[nH]c1=S. The predicted molar refractivity (Wildman–Crippen MR) is 57.1 cm³/mol. The lowest BCUT2D eigenvalue weighted by Crippen LogP contribution is -2.18. The van der Waals surface area contributed by atoms with E-state index in [0.717, 1.165) is 6.42 Å². The molecule has 14 heavy (non-hydrogen) atoms. The number of nitrogens with one attached hydrogen (secondary N) is 1. The summed E-state index contributed by atoms with van der Waals surface area (Å²) in [6.45, 7) is 2.65. The van der Waals surface area contributed by atoms with E-state index in [9.17, 15) is 4.79 Å². The highest BCUT2D eigenvalue weighted by Gasteiger charge is 2.07. The molecule has 0 aliphatic heterocycles. The number of hydrogen-bond donors (Lipinski definition) is 1. The Bertz CT molecular complexity index is 396. The van der Waals surface area contributed by atoms with Crippen molar-refractivity contribution < 1.29 is 4.74 Å². The van der Waals surface area contributed by atoms with Gasteiger partial charge in [-0.25, -0.2) is 0 Å². The Morgan fingerprint density at radius 2 is 2.43 bits per heavy atom. The molecule has 78 valence electrons. The quantitative estimate of drug-likeness (QED) is 0.773. The second kappa shape index (κ2) is 5.07. The molecule has 1 aromatic rings. The Labute approximate surface area is 87.5 Å². The Morgan fingerprint density at radius 1 is 1.71 bits per heavy atom. The second-order valence-electron chi connectivity index (χ2n) is 3.03. The van der Waals surface area contributed by atoms with Crippen LogP contribution < -0.4 is 5.56 Å². The molecule has 0 aliphatic rings. The number of nitrogens with zero attached hydrogens (tertiary/aromatic N) is 1. The van der Waals surface area contributed by atoms with Gasteiger partial charge in [0.25, 0.3) is 5.56 Å². The van der Waals surface area contributed by atoms with Gasteiger partial charge in [-0.15, -0.1) is 0 Å². The molecule has 0 radical (unpaired) electrons. The zero-order valence-electron chi connectivity index (χ0n) is 8.32. The highest BCUT2D eigenvalue weighted by atomic mass is 32.1. The molecule has 0 bridgehead atoms. The molecule has 1 rings (SSSR count). The standard InChI is InChI=1S/C9H14N2O2S/c1-3-7(6-13-2)11-5-4-8(12)10-9(11)14/h4-5,7H,3,6H2,1-2H3,(H,10,12,14). The van der Waals surface area contributed by atoms with Crippen molar-refractivity contribution in [3.63, 3.8) is 0 Å². The summed E-state index contributed by atoms with van der Waals surface area (Å²) in [5, 5.41) is 0. The van der Waals surface area contributed by atoms with E-state index >= 15 is 0 Å². The number of hydrogen-bond acceptors (Lipinski definition) is 3. The van der Waals surface area contributed by atoms with Crippen molar-refractivity contribution in [2.24, 2.45) is 0 Å². The van der Waals surface area contributed by atoms with E-state index < -0.39 is 0 Å². The number of rotatable bonds is 4. The van der Waals surface area contributed by atoms with E-state index in [0.29, 0.717) is 11.4 Å². The first-order chi connectivity index (χ1) is 6.69. The summed E-state index contributed by atoms with van der Waals surface area (Å²) in [6, 6.07) is 1.65. The maximum Gasteiger partial charge on any atom is 0.251 e. The fraction of sp³-hybridized carbons (Fsp3) is 0.556. The zero-order chi connectivity index (χ0) is 10.6. The van der Waals surface area contributed by atoms with Gasteiger partial charge in [0.2, 0.25) is 0 Å². The zero-order valence-corrected chi connectivity index (χ0v) is 9.13. The molecule has 0 amide bonds. The van der Waals surface area contributed by atoms with E-state index in [1.54, 1.807) is 13.3 Å². The number of methoxy groups -OCH3 is 1. The molecule has 1 aromatic heterocycles. The minimum absolute atomic E-state index is 0.168. The van der Waals surface area contributed by atoms with Gasteiger partial charge in [0.15, 0.2) is 4.77 Å². The fourth-order valence-electron chi connectivity index (χ4n) is 1.30. The lowest BCUT2D eigenvalue weighted by Gasteiger charge is -2.17. The van der Waals surface area contributed by atoms with Crippen LogP contribution in [0, 0.1) is 4.77 Å². The van der Waals surface area contributed by atoms with Crippen molar-refractivity contribution in [1.29, 1.82) is 0 Å². The van der Waals surface area contributed by atoms with Crippen LogP contribution in [0.1, 0.15) is 19.4 Å². The topological polar surface area (TPSA) is 47.0 Å². The smallest absolute Gasteiger partial charge is 0.251 e. The van der Waals surface area contributed by atoms with Gasteiger partial charge < -0.3 is 9.30 Å². The Hall–Kier alpha value is -0.940. The molecular weight excluding hydrogens is 200 g/mol. The Kier molecular flexibility index (Phi) is 4.03. The molecule has 1 unspecified atom stereocenters. The van der Waals surface area contributed by atoms with Crippen molar-refractivity contribution in [2.75, 3.05) is 13.7 Å². The van der Waals surface area contributed by atoms with E-state index in [2.05, 4.69) is 11.9 Å². The highest BCUT2D eigenvalue weighted by molar-refractivity contribution is 7.71. The van der Waals surface area contributed by atoms with Crippen molar-refractivity contribution >= 4 is 12.2 Å². The lowest BCUT2D eigenvalue weighted by molar-refractivity contribution is 0.151. The van der Waals surface area contributed by atoms with Gasteiger partial charge in [-0.3, -0.25) is 9.78 Å². The van der Waals surface area contributed by atoms with Gasteiger partial charge in [-0.2, -0.15) is 0 Å². The molecule has 0 aromatic carbocycles. The van der Waals surface area contributed by atoms with Gasteiger partial charge in [0, 0.05) is 19.4 Å². The third-order valence-electron chi connectivity index (χ3n) is 2.07. The third-order valence-corrected chi connectivity index (χ3v) is 2.39. The number of aromatic amines is 1. The molecule has 0 aliphatic carbocycles. The van der Waals surface area contributed by atoms with Crippen LogP contribution in [-0.4, -0.2) is 23.3 Å². The molecular formula is C9H14N2O2S. The highest BCUT2D eigenvalue weighted by Crippen LogP contribution is 2.10. The van der Waals surface area contributed by atoms with Crippen LogP contribution >= 0.6 is 12.2 Å². The molecule has 1 atom stereocenters. The number of H-pyrrole nitrogens is 1. The minimum Gasteiger partial charge on any atom is -0.383 e. The lowest BCUT2D eigenvalue weighted by atomic mass is 10.2. The normalized spacial score (nSPS) is 12.7. The first kappa shape index (κ1) is 11.1. The average Bonchev–Trinajstić information content (AvgIpc) is 2.15. The summed E-state index contributed by atoms with van der Waals surface area (Å²) < 4.78 is 7.37. The number of aromatic nitrogens is 2. The van der Waals surface area contributed by atoms with Crippen LogP contribution in [0.25, 0.3) is 0 Å². The van der Waals surface area contributed by atoms with Gasteiger partial charge in [0.05, 0.1) is 12.6 Å². The molecule has 4 nitrogen and oxygen atoms in total. The molecule has 1 heterocycles. The van der Waals surface area contributed by atoms with Crippen LogP contribution in [0.2, 0.25) is 0 Å². The van der Waals surface area contributed by atoms with Gasteiger partial charge >= 0.3 is 0 Å². The third kappa shape index (κ3) is 2.52. The largest absolute Gasteiger partial charge is 0.383 e.